The molecule has 0 spiro atoms. The molecule has 0 saturated carbocycles. The molecule has 13 rings (SSSR count). The van der Waals surface area contributed by atoms with Crippen LogP contribution in [0, 0.1) is 0 Å². The number of hydrogen-bond acceptors (Lipinski definition) is 4. The third kappa shape index (κ3) is 5.98. The van der Waals surface area contributed by atoms with Gasteiger partial charge in [0.15, 0.2) is 0 Å². The standard InChI is InChI=1S/C59H41N5O/c1-37-34-42(38-18-6-2-7-19-38)35-47(39-20-8-3-9-21-39)60-58(37)63-50-28-16-14-26-45(50)54-52(63)32-30-43-44-31-33-53-55(57(44)65-56(43)54)46-27-15-17-29-51(46)64(53)59-61-48(40-22-10-4-11-23-40)36-49(62-59)41-24-12-5-13-25-41/h2-15,17-27,29-33,35-36,58H,1,16,28,34H2. The summed E-state index contributed by atoms with van der Waals surface area (Å²) in [6.45, 7) is 4.78. The Morgan fingerprint density at radius 3 is 1.82 bits per heavy atom. The Kier molecular flexibility index (Phi) is 8.53. The van der Waals surface area contributed by atoms with E-state index in [0.717, 1.165) is 107 Å². The first-order valence-corrected chi connectivity index (χ1v) is 22.3. The third-order valence-electron chi connectivity index (χ3n) is 13.3. The lowest BCUT2D eigenvalue weighted by Gasteiger charge is -2.22. The van der Waals surface area contributed by atoms with Crippen molar-refractivity contribution in [1.82, 2.24) is 19.1 Å². The average molecular weight is 836 g/mol. The van der Waals surface area contributed by atoms with Crippen molar-refractivity contribution in [3.8, 4) is 28.5 Å². The normalized spacial score (nSPS) is 15.2. The predicted octanol–water partition coefficient (Wildman–Crippen LogP) is 14.8. The second-order valence-electron chi connectivity index (χ2n) is 17.1. The number of allylic oxidation sites excluding steroid dienone is 3. The van der Waals surface area contributed by atoms with Crippen LogP contribution in [0.2, 0.25) is 0 Å². The minimum Gasteiger partial charge on any atom is -0.455 e. The minimum absolute atomic E-state index is 0.320. The van der Waals surface area contributed by atoms with Crippen molar-refractivity contribution in [2.75, 3.05) is 0 Å². The summed E-state index contributed by atoms with van der Waals surface area (Å²) in [5.41, 5.74) is 16.5. The summed E-state index contributed by atoms with van der Waals surface area (Å²) in [6.07, 6.45) is 9.08. The summed E-state index contributed by atoms with van der Waals surface area (Å²) in [6, 6.07) is 61.4. The van der Waals surface area contributed by atoms with Gasteiger partial charge in [-0.05, 0) is 84.0 Å². The minimum atomic E-state index is -0.320. The summed E-state index contributed by atoms with van der Waals surface area (Å²) in [7, 11) is 0. The van der Waals surface area contributed by atoms with Gasteiger partial charge in [-0.2, -0.15) is 0 Å². The Labute approximate surface area is 375 Å². The molecule has 308 valence electrons. The maximum absolute atomic E-state index is 7.34. The Bertz CT molecular complexity index is 3740. The first kappa shape index (κ1) is 37.2. The van der Waals surface area contributed by atoms with Crippen LogP contribution in [0.5, 0.6) is 0 Å². The number of rotatable bonds is 6. The molecular weight excluding hydrogens is 795 g/mol. The van der Waals surface area contributed by atoms with Crippen LogP contribution in [-0.2, 0) is 6.42 Å². The van der Waals surface area contributed by atoms with Gasteiger partial charge in [-0.3, -0.25) is 9.56 Å². The molecule has 1 aliphatic carbocycles. The highest BCUT2D eigenvalue weighted by Gasteiger charge is 2.30. The molecule has 4 aromatic heterocycles. The Morgan fingerprint density at radius 2 is 1.14 bits per heavy atom. The Morgan fingerprint density at radius 1 is 0.554 bits per heavy atom. The molecule has 0 amide bonds. The topological polar surface area (TPSA) is 61.1 Å². The smallest absolute Gasteiger partial charge is 0.235 e. The number of furan rings is 1. The number of aliphatic imine (C=N–C) groups is 1. The fourth-order valence-corrected chi connectivity index (χ4v) is 10.3. The highest BCUT2D eigenvalue weighted by molar-refractivity contribution is 6.26. The average Bonchev–Trinajstić information content (AvgIpc) is 3.99. The van der Waals surface area contributed by atoms with Crippen LogP contribution in [0.4, 0.5) is 0 Å². The maximum Gasteiger partial charge on any atom is 0.235 e. The van der Waals surface area contributed by atoms with Crippen LogP contribution in [0.25, 0.3) is 94.8 Å². The molecule has 1 aliphatic heterocycles. The zero-order chi connectivity index (χ0) is 43.0. The molecule has 1 atom stereocenters. The largest absolute Gasteiger partial charge is 0.455 e. The quantitative estimate of drug-likeness (QED) is 0.157. The van der Waals surface area contributed by atoms with Gasteiger partial charge in [0, 0.05) is 38.5 Å². The lowest BCUT2D eigenvalue weighted by molar-refractivity contribution is 0.589. The van der Waals surface area contributed by atoms with Crippen LogP contribution in [-0.4, -0.2) is 24.8 Å². The molecule has 2 aliphatic rings. The molecule has 6 nitrogen and oxygen atoms in total. The summed E-state index contributed by atoms with van der Waals surface area (Å²) in [5.74, 6) is 0.606. The van der Waals surface area contributed by atoms with Gasteiger partial charge in [0.2, 0.25) is 5.95 Å². The van der Waals surface area contributed by atoms with Crippen molar-refractivity contribution in [2.24, 2.45) is 4.99 Å². The molecule has 6 heteroatoms. The van der Waals surface area contributed by atoms with E-state index in [4.69, 9.17) is 26.0 Å². The van der Waals surface area contributed by atoms with E-state index in [1.807, 2.05) is 12.1 Å². The summed E-state index contributed by atoms with van der Waals surface area (Å²) >= 11 is 0. The van der Waals surface area contributed by atoms with E-state index in [-0.39, 0.29) is 6.17 Å². The van der Waals surface area contributed by atoms with Gasteiger partial charge in [0.1, 0.15) is 17.3 Å². The maximum atomic E-state index is 7.34. The fourth-order valence-electron chi connectivity index (χ4n) is 10.3. The van der Waals surface area contributed by atoms with Crippen LogP contribution in [0.3, 0.4) is 0 Å². The van der Waals surface area contributed by atoms with Gasteiger partial charge in [0.05, 0.1) is 44.4 Å². The third-order valence-corrected chi connectivity index (χ3v) is 13.3. The number of para-hydroxylation sites is 1. The molecule has 0 radical (unpaired) electrons. The van der Waals surface area contributed by atoms with Gasteiger partial charge >= 0.3 is 0 Å². The molecule has 1 unspecified atom stereocenters. The monoisotopic (exact) mass is 835 g/mol. The lowest BCUT2D eigenvalue weighted by atomic mass is 9.96. The van der Waals surface area contributed by atoms with Crippen LogP contribution < -0.4 is 0 Å². The first-order valence-electron chi connectivity index (χ1n) is 22.3. The summed E-state index contributed by atoms with van der Waals surface area (Å²) in [5, 5.41) is 5.38. The SMILES string of the molecule is C=C1CC(c2ccccc2)=CC(c2ccccc2)=NC1n1c2c(c3c4oc5c(ccc6c5c5ccccc5n6-c5nc(-c6ccccc6)cc(-c6ccccc6)n5)c4ccc31)C=CCC2. The van der Waals surface area contributed by atoms with Crippen molar-refractivity contribution in [3.63, 3.8) is 0 Å². The Balaban J connectivity index is 1.04. The summed E-state index contributed by atoms with van der Waals surface area (Å²) < 4.78 is 12.0. The number of aromatic nitrogens is 4. The van der Waals surface area contributed by atoms with E-state index in [0.29, 0.717) is 12.4 Å². The van der Waals surface area contributed by atoms with Gasteiger partial charge in [0.25, 0.3) is 0 Å². The van der Waals surface area contributed by atoms with Crippen molar-refractivity contribution in [2.45, 2.75) is 25.4 Å². The molecule has 65 heavy (non-hydrogen) atoms. The Hall–Kier alpha value is -8.35. The van der Waals surface area contributed by atoms with Crippen LogP contribution in [0.15, 0.2) is 210 Å². The van der Waals surface area contributed by atoms with E-state index in [1.165, 1.54) is 22.4 Å². The fraction of sp³-hybridized carbons (Fsp3) is 0.0678. The molecule has 0 fully saturated rings. The number of fused-ring (bicyclic) bond motifs is 11. The van der Waals surface area contributed by atoms with Crippen molar-refractivity contribution >= 4 is 72.0 Å². The summed E-state index contributed by atoms with van der Waals surface area (Å²) in [4.78, 5) is 16.2. The molecule has 5 heterocycles. The molecule has 11 aromatic rings. The van der Waals surface area contributed by atoms with Crippen LogP contribution >= 0.6 is 0 Å². The number of hydrogen-bond donors (Lipinski definition) is 0. The van der Waals surface area contributed by atoms with Crippen molar-refractivity contribution in [3.05, 3.63) is 223 Å². The molecule has 0 saturated heterocycles. The van der Waals surface area contributed by atoms with E-state index < -0.39 is 0 Å². The van der Waals surface area contributed by atoms with E-state index in [2.05, 4.69) is 191 Å². The highest BCUT2D eigenvalue weighted by atomic mass is 16.3. The highest BCUT2D eigenvalue weighted by Crippen LogP contribution is 2.47. The zero-order valence-corrected chi connectivity index (χ0v) is 35.5. The van der Waals surface area contributed by atoms with E-state index >= 15 is 0 Å². The van der Waals surface area contributed by atoms with Crippen LogP contribution in [0.1, 0.15) is 41.4 Å². The van der Waals surface area contributed by atoms with Gasteiger partial charge in [-0.1, -0.05) is 158 Å². The van der Waals surface area contributed by atoms with E-state index in [1.54, 1.807) is 0 Å². The van der Waals surface area contributed by atoms with Gasteiger partial charge in [-0.25, -0.2) is 9.97 Å². The molecule has 0 N–H and O–H groups in total. The van der Waals surface area contributed by atoms with E-state index in [9.17, 15) is 0 Å². The lowest BCUT2D eigenvalue weighted by Crippen LogP contribution is -2.14. The van der Waals surface area contributed by atoms with Gasteiger partial charge < -0.3 is 8.98 Å². The number of nitrogens with zero attached hydrogens (tertiary/aromatic N) is 5. The molecular formula is C59H41N5O. The van der Waals surface area contributed by atoms with Crippen molar-refractivity contribution in [1.29, 1.82) is 0 Å². The zero-order valence-electron chi connectivity index (χ0n) is 35.5. The van der Waals surface area contributed by atoms with Crippen molar-refractivity contribution < 1.29 is 4.42 Å². The van der Waals surface area contributed by atoms with Gasteiger partial charge in [-0.15, -0.1) is 0 Å². The number of benzene rings is 7. The second-order valence-corrected chi connectivity index (χ2v) is 17.1. The molecule has 7 aromatic carbocycles. The second kappa shape index (κ2) is 14.9. The first-order chi connectivity index (χ1) is 32.2. The molecule has 0 bridgehead atoms. The predicted molar refractivity (Wildman–Crippen MR) is 268 cm³/mol.